The van der Waals surface area contributed by atoms with E-state index in [-0.39, 0.29) is 5.91 Å². The predicted octanol–water partition coefficient (Wildman–Crippen LogP) is 3.85. The predicted molar refractivity (Wildman–Crippen MR) is 108 cm³/mol. The molecule has 0 aliphatic rings. The lowest BCUT2D eigenvalue weighted by molar-refractivity contribution is -0.116. The first kappa shape index (κ1) is 20.5. The Bertz CT molecular complexity index is 762. The molecule has 0 radical (unpaired) electrons. The minimum atomic E-state index is -0.0563. The first-order valence-corrected chi connectivity index (χ1v) is 9.39. The number of benzene rings is 2. The van der Waals surface area contributed by atoms with Crippen LogP contribution >= 0.6 is 0 Å². The van der Waals surface area contributed by atoms with Gasteiger partial charge in [-0.25, -0.2) is 0 Å². The fraction of sp³-hybridized carbons (Fsp3) is 0.364. The van der Waals surface area contributed by atoms with Crippen LogP contribution in [-0.4, -0.2) is 37.0 Å². The second kappa shape index (κ2) is 11.0. The summed E-state index contributed by atoms with van der Waals surface area (Å²) in [4.78, 5) is 14.6. The van der Waals surface area contributed by atoms with Gasteiger partial charge in [-0.05, 0) is 49.3 Å². The van der Waals surface area contributed by atoms with Crippen molar-refractivity contribution in [3.8, 4) is 11.8 Å². The van der Waals surface area contributed by atoms with E-state index in [1.54, 1.807) is 12.1 Å². The van der Waals surface area contributed by atoms with Crippen LogP contribution in [0.5, 0.6) is 5.75 Å². The fourth-order valence-electron chi connectivity index (χ4n) is 2.74. The molecule has 1 N–H and O–H groups in total. The molecule has 5 heteroatoms. The van der Waals surface area contributed by atoms with Crippen LogP contribution in [0.1, 0.15) is 31.4 Å². The third-order valence-corrected chi connectivity index (χ3v) is 4.44. The molecule has 1 amide bonds. The van der Waals surface area contributed by atoms with Gasteiger partial charge >= 0.3 is 0 Å². The summed E-state index contributed by atoms with van der Waals surface area (Å²) in [6.07, 6.45) is 1.00. The number of aryl methyl sites for hydroxylation is 1. The molecule has 2 aromatic carbocycles. The van der Waals surface area contributed by atoms with Gasteiger partial charge < -0.3 is 15.0 Å². The van der Waals surface area contributed by atoms with E-state index in [1.807, 2.05) is 36.4 Å². The minimum Gasteiger partial charge on any atom is -0.490 e. The Morgan fingerprint density at radius 3 is 2.48 bits per heavy atom. The van der Waals surface area contributed by atoms with Crippen molar-refractivity contribution >= 4 is 11.6 Å². The molecule has 0 fully saturated rings. The van der Waals surface area contributed by atoms with Gasteiger partial charge in [0.15, 0.2) is 0 Å². The van der Waals surface area contributed by atoms with E-state index < -0.39 is 0 Å². The fourth-order valence-corrected chi connectivity index (χ4v) is 2.74. The van der Waals surface area contributed by atoms with Gasteiger partial charge in [0.1, 0.15) is 12.4 Å². The molecule has 0 heterocycles. The number of likely N-dealkylation sites (N-methyl/N-ethyl adjacent to an activating group) is 1. The number of rotatable bonds is 10. The Labute approximate surface area is 161 Å². The summed E-state index contributed by atoms with van der Waals surface area (Å²) in [5.41, 5.74) is 2.36. The summed E-state index contributed by atoms with van der Waals surface area (Å²) in [6.45, 7) is 7.69. The average Bonchev–Trinajstić information content (AvgIpc) is 2.71. The number of nitrogens with zero attached hydrogens (tertiary/aromatic N) is 2. The Kier molecular flexibility index (Phi) is 8.34. The molecule has 2 rings (SSSR count). The topological polar surface area (TPSA) is 65.4 Å². The Hall–Kier alpha value is -2.84. The lowest BCUT2D eigenvalue weighted by Crippen LogP contribution is -2.28. The van der Waals surface area contributed by atoms with E-state index in [9.17, 15) is 4.79 Å². The summed E-state index contributed by atoms with van der Waals surface area (Å²) in [7, 11) is 0. The van der Waals surface area contributed by atoms with Crippen LogP contribution in [-0.2, 0) is 11.2 Å². The van der Waals surface area contributed by atoms with Crippen molar-refractivity contribution in [2.24, 2.45) is 0 Å². The van der Waals surface area contributed by atoms with E-state index in [1.165, 1.54) is 0 Å². The first-order chi connectivity index (χ1) is 13.2. The van der Waals surface area contributed by atoms with E-state index in [0.29, 0.717) is 36.4 Å². The van der Waals surface area contributed by atoms with Crippen molar-refractivity contribution in [2.45, 2.75) is 26.7 Å². The summed E-state index contributed by atoms with van der Waals surface area (Å²) < 4.78 is 5.87. The van der Waals surface area contributed by atoms with Gasteiger partial charge in [-0.2, -0.15) is 5.26 Å². The summed E-state index contributed by atoms with van der Waals surface area (Å²) in [5, 5.41) is 11.8. The monoisotopic (exact) mass is 365 g/mol. The molecule has 2 aromatic rings. The quantitative estimate of drug-likeness (QED) is 0.694. The number of hydrogen-bond donors (Lipinski definition) is 1. The van der Waals surface area contributed by atoms with E-state index >= 15 is 0 Å². The maximum absolute atomic E-state index is 12.3. The number of para-hydroxylation sites is 2. The number of ether oxygens (including phenoxy) is 1. The molecule has 142 valence electrons. The van der Waals surface area contributed by atoms with Crippen LogP contribution in [0.15, 0.2) is 48.5 Å². The second-order valence-electron chi connectivity index (χ2n) is 6.23. The van der Waals surface area contributed by atoms with Gasteiger partial charge in [0, 0.05) is 13.0 Å². The number of carbonyl (C=O) groups excluding carboxylic acids is 1. The van der Waals surface area contributed by atoms with Gasteiger partial charge in [0.2, 0.25) is 5.91 Å². The van der Waals surface area contributed by atoms with Crippen LogP contribution in [0.2, 0.25) is 0 Å². The molecule has 27 heavy (non-hydrogen) atoms. The molecular formula is C22H27N3O2. The van der Waals surface area contributed by atoms with E-state index in [4.69, 9.17) is 10.00 Å². The van der Waals surface area contributed by atoms with Crippen LogP contribution in [0.4, 0.5) is 5.69 Å². The zero-order valence-corrected chi connectivity index (χ0v) is 16.1. The maximum atomic E-state index is 12.3. The normalized spacial score (nSPS) is 10.4. The average molecular weight is 365 g/mol. The molecule has 0 spiro atoms. The lowest BCUT2D eigenvalue weighted by atomic mass is 10.1. The second-order valence-corrected chi connectivity index (χ2v) is 6.23. The summed E-state index contributed by atoms with van der Waals surface area (Å²) in [5.74, 6) is 0.635. The standard InChI is InChI=1S/C22H27N3O2/c1-3-25(4-2)15-16-27-21-8-6-5-7-20(21)24-22(26)14-13-18-9-11-19(17-23)12-10-18/h5-12H,3-4,13-16H2,1-2H3,(H,24,26). The molecule has 0 aliphatic carbocycles. The van der Waals surface area contributed by atoms with Crippen molar-refractivity contribution in [1.82, 2.24) is 4.90 Å². The number of nitrogens with one attached hydrogen (secondary N) is 1. The van der Waals surface area contributed by atoms with Crippen molar-refractivity contribution in [3.63, 3.8) is 0 Å². The van der Waals surface area contributed by atoms with Crippen molar-refractivity contribution in [2.75, 3.05) is 31.6 Å². The number of anilines is 1. The van der Waals surface area contributed by atoms with Crippen molar-refractivity contribution in [3.05, 3.63) is 59.7 Å². The highest BCUT2D eigenvalue weighted by molar-refractivity contribution is 5.92. The Balaban J connectivity index is 1.86. The molecule has 0 aromatic heterocycles. The molecule has 0 aliphatic heterocycles. The first-order valence-electron chi connectivity index (χ1n) is 9.39. The van der Waals surface area contributed by atoms with Crippen molar-refractivity contribution in [1.29, 1.82) is 5.26 Å². The lowest BCUT2D eigenvalue weighted by Gasteiger charge is -2.19. The van der Waals surface area contributed by atoms with Crippen molar-refractivity contribution < 1.29 is 9.53 Å². The zero-order chi connectivity index (χ0) is 19.5. The van der Waals surface area contributed by atoms with E-state index in [2.05, 4.69) is 30.1 Å². The molecule has 0 saturated carbocycles. The zero-order valence-electron chi connectivity index (χ0n) is 16.1. The van der Waals surface area contributed by atoms with Gasteiger partial charge in [-0.3, -0.25) is 4.79 Å². The number of nitriles is 1. The van der Waals surface area contributed by atoms with E-state index in [0.717, 1.165) is 25.2 Å². The van der Waals surface area contributed by atoms with Crippen LogP contribution in [0.25, 0.3) is 0 Å². The Morgan fingerprint density at radius 1 is 1.11 bits per heavy atom. The van der Waals surface area contributed by atoms with Crippen LogP contribution < -0.4 is 10.1 Å². The number of carbonyl (C=O) groups is 1. The molecule has 0 unspecified atom stereocenters. The van der Waals surface area contributed by atoms with Crippen LogP contribution in [0, 0.1) is 11.3 Å². The number of amides is 1. The molecule has 0 bridgehead atoms. The van der Waals surface area contributed by atoms with Gasteiger partial charge in [0.05, 0.1) is 17.3 Å². The van der Waals surface area contributed by atoms with Gasteiger partial charge in [-0.15, -0.1) is 0 Å². The third kappa shape index (κ3) is 6.76. The molecule has 5 nitrogen and oxygen atoms in total. The maximum Gasteiger partial charge on any atom is 0.224 e. The molecular weight excluding hydrogens is 338 g/mol. The molecule has 0 saturated heterocycles. The molecule has 0 atom stereocenters. The summed E-state index contributed by atoms with van der Waals surface area (Å²) >= 11 is 0. The highest BCUT2D eigenvalue weighted by Gasteiger charge is 2.09. The number of hydrogen-bond acceptors (Lipinski definition) is 4. The van der Waals surface area contributed by atoms with Gasteiger partial charge in [0.25, 0.3) is 0 Å². The smallest absolute Gasteiger partial charge is 0.224 e. The summed E-state index contributed by atoms with van der Waals surface area (Å²) in [6, 6.07) is 16.9. The SMILES string of the molecule is CCN(CC)CCOc1ccccc1NC(=O)CCc1ccc(C#N)cc1. The highest BCUT2D eigenvalue weighted by Crippen LogP contribution is 2.24. The van der Waals surface area contributed by atoms with Crippen LogP contribution in [0.3, 0.4) is 0 Å². The largest absolute Gasteiger partial charge is 0.490 e. The minimum absolute atomic E-state index is 0.0563. The van der Waals surface area contributed by atoms with Gasteiger partial charge in [-0.1, -0.05) is 38.1 Å². The highest BCUT2D eigenvalue weighted by atomic mass is 16.5. The third-order valence-electron chi connectivity index (χ3n) is 4.44. The Morgan fingerprint density at radius 2 is 1.81 bits per heavy atom.